The van der Waals surface area contributed by atoms with Crippen molar-refractivity contribution in [1.29, 1.82) is 0 Å². The molecule has 0 amide bonds. The van der Waals surface area contributed by atoms with E-state index in [1.807, 2.05) is 12.1 Å². The van der Waals surface area contributed by atoms with E-state index in [9.17, 15) is 0 Å². The Balaban J connectivity index is 1.99. The number of nitrogen functional groups attached to an aromatic ring is 1. The predicted octanol–water partition coefficient (Wildman–Crippen LogP) is 4.45. The molecule has 0 aliphatic heterocycles. The normalized spacial score (nSPS) is 23.4. The van der Waals surface area contributed by atoms with Crippen LogP contribution in [-0.4, -0.2) is 17.0 Å². The van der Waals surface area contributed by atoms with Gasteiger partial charge < -0.3 is 5.73 Å². The van der Waals surface area contributed by atoms with Gasteiger partial charge in [-0.15, -0.1) is 0 Å². The largest absolute Gasteiger partial charge is 0.399 e. The second-order valence-corrected chi connectivity index (χ2v) is 6.59. The van der Waals surface area contributed by atoms with E-state index in [0.29, 0.717) is 6.04 Å². The lowest BCUT2D eigenvalue weighted by Crippen LogP contribution is -2.42. The summed E-state index contributed by atoms with van der Waals surface area (Å²) in [5.41, 5.74) is 8.01. The second-order valence-electron chi connectivity index (χ2n) is 6.59. The number of hydrogen-bond donors (Lipinski definition) is 1. The minimum Gasteiger partial charge on any atom is -0.399 e. The Morgan fingerprint density at radius 2 is 1.70 bits per heavy atom. The topological polar surface area (TPSA) is 29.3 Å². The summed E-state index contributed by atoms with van der Waals surface area (Å²) in [7, 11) is 0. The fourth-order valence-corrected chi connectivity index (χ4v) is 3.45. The number of anilines is 1. The van der Waals surface area contributed by atoms with Crippen LogP contribution in [0.1, 0.15) is 58.4 Å². The Morgan fingerprint density at radius 1 is 1.10 bits per heavy atom. The zero-order valence-corrected chi connectivity index (χ0v) is 13.3. The van der Waals surface area contributed by atoms with Gasteiger partial charge >= 0.3 is 0 Å². The standard InChI is InChI=1S/C18H30N2/c1-4-15-7-11-18(12-8-15)20(14(2)3)13-16-5-9-17(19)10-6-16/h5-6,9-10,14-15,18H,4,7-8,11-13,19H2,1-3H3. The van der Waals surface area contributed by atoms with E-state index in [0.717, 1.165) is 24.2 Å². The first-order chi connectivity index (χ1) is 9.60. The molecule has 0 spiro atoms. The Morgan fingerprint density at radius 3 is 2.20 bits per heavy atom. The van der Waals surface area contributed by atoms with Crippen LogP contribution in [0.25, 0.3) is 0 Å². The van der Waals surface area contributed by atoms with Crippen LogP contribution in [0.15, 0.2) is 24.3 Å². The molecular weight excluding hydrogens is 244 g/mol. The second kappa shape index (κ2) is 7.12. The highest BCUT2D eigenvalue weighted by atomic mass is 15.2. The van der Waals surface area contributed by atoms with Crippen LogP contribution in [0.3, 0.4) is 0 Å². The molecule has 0 saturated heterocycles. The molecule has 1 aliphatic rings. The highest BCUT2D eigenvalue weighted by Crippen LogP contribution is 2.31. The molecule has 1 aromatic carbocycles. The molecule has 0 heterocycles. The van der Waals surface area contributed by atoms with E-state index in [2.05, 4.69) is 37.8 Å². The third kappa shape index (κ3) is 3.99. The number of nitrogens with two attached hydrogens (primary N) is 1. The summed E-state index contributed by atoms with van der Waals surface area (Å²) in [6.07, 6.45) is 6.90. The fraction of sp³-hybridized carbons (Fsp3) is 0.667. The first-order valence-corrected chi connectivity index (χ1v) is 8.20. The Bertz CT molecular complexity index is 388. The maximum Gasteiger partial charge on any atom is 0.0314 e. The van der Waals surface area contributed by atoms with Gasteiger partial charge in [-0.3, -0.25) is 4.90 Å². The predicted molar refractivity (Wildman–Crippen MR) is 87.6 cm³/mol. The van der Waals surface area contributed by atoms with Crippen LogP contribution < -0.4 is 5.73 Å². The summed E-state index contributed by atoms with van der Waals surface area (Å²) in [6.45, 7) is 8.03. The van der Waals surface area contributed by atoms with E-state index >= 15 is 0 Å². The lowest BCUT2D eigenvalue weighted by Gasteiger charge is -2.39. The molecule has 20 heavy (non-hydrogen) atoms. The highest BCUT2D eigenvalue weighted by molar-refractivity contribution is 5.39. The summed E-state index contributed by atoms with van der Waals surface area (Å²) in [4.78, 5) is 2.68. The molecule has 112 valence electrons. The molecule has 0 aromatic heterocycles. The molecule has 0 radical (unpaired) electrons. The first kappa shape index (κ1) is 15.4. The number of hydrogen-bond acceptors (Lipinski definition) is 2. The third-order valence-corrected chi connectivity index (χ3v) is 4.87. The van der Waals surface area contributed by atoms with E-state index in [-0.39, 0.29) is 0 Å². The molecule has 1 fully saturated rings. The van der Waals surface area contributed by atoms with Crippen molar-refractivity contribution in [3.05, 3.63) is 29.8 Å². The van der Waals surface area contributed by atoms with Crippen LogP contribution in [-0.2, 0) is 6.54 Å². The van der Waals surface area contributed by atoms with Gasteiger partial charge in [-0.25, -0.2) is 0 Å². The van der Waals surface area contributed by atoms with Crippen molar-refractivity contribution in [1.82, 2.24) is 4.90 Å². The zero-order chi connectivity index (χ0) is 14.5. The summed E-state index contributed by atoms with van der Waals surface area (Å²) in [6, 6.07) is 9.74. The van der Waals surface area contributed by atoms with Gasteiger partial charge in [0.1, 0.15) is 0 Å². The SMILES string of the molecule is CCC1CCC(N(Cc2ccc(N)cc2)C(C)C)CC1. The van der Waals surface area contributed by atoms with Crippen molar-refractivity contribution in [3.8, 4) is 0 Å². The van der Waals surface area contributed by atoms with Gasteiger partial charge in [0.25, 0.3) is 0 Å². The zero-order valence-electron chi connectivity index (χ0n) is 13.3. The molecular formula is C18H30N2. The van der Waals surface area contributed by atoms with Crippen molar-refractivity contribution in [3.63, 3.8) is 0 Å². The van der Waals surface area contributed by atoms with Crippen molar-refractivity contribution in [2.45, 2.75) is 71.5 Å². The number of nitrogens with zero attached hydrogens (tertiary/aromatic N) is 1. The Hall–Kier alpha value is -1.02. The van der Waals surface area contributed by atoms with Crippen molar-refractivity contribution in [2.75, 3.05) is 5.73 Å². The van der Waals surface area contributed by atoms with Gasteiger partial charge in [-0.2, -0.15) is 0 Å². The summed E-state index contributed by atoms with van der Waals surface area (Å²) in [5.74, 6) is 0.969. The first-order valence-electron chi connectivity index (χ1n) is 8.20. The average Bonchev–Trinajstić information content (AvgIpc) is 2.46. The smallest absolute Gasteiger partial charge is 0.0314 e. The van der Waals surface area contributed by atoms with Crippen molar-refractivity contribution in [2.24, 2.45) is 5.92 Å². The molecule has 0 bridgehead atoms. The van der Waals surface area contributed by atoms with E-state index in [1.54, 1.807) is 0 Å². The molecule has 1 aromatic rings. The van der Waals surface area contributed by atoms with Crippen molar-refractivity contribution < 1.29 is 0 Å². The monoisotopic (exact) mass is 274 g/mol. The van der Waals surface area contributed by atoms with Gasteiger partial charge in [-0.05, 0) is 63.1 Å². The van der Waals surface area contributed by atoms with Crippen LogP contribution in [0.2, 0.25) is 0 Å². The number of rotatable bonds is 5. The minimum absolute atomic E-state index is 0.607. The minimum atomic E-state index is 0.607. The molecule has 1 aliphatic carbocycles. The molecule has 1 saturated carbocycles. The quantitative estimate of drug-likeness (QED) is 0.804. The average molecular weight is 274 g/mol. The third-order valence-electron chi connectivity index (χ3n) is 4.87. The van der Waals surface area contributed by atoms with Gasteiger partial charge in [0.2, 0.25) is 0 Å². The lowest BCUT2D eigenvalue weighted by atomic mass is 9.83. The highest BCUT2D eigenvalue weighted by Gasteiger charge is 2.26. The molecule has 2 heteroatoms. The molecule has 0 atom stereocenters. The molecule has 2 rings (SSSR count). The van der Waals surface area contributed by atoms with E-state index in [4.69, 9.17) is 5.73 Å². The summed E-state index contributed by atoms with van der Waals surface area (Å²) in [5, 5.41) is 0. The van der Waals surface area contributed by atoms with Gasteiger partial charge in [0, 0.05) is 24.3 Å². The van der Waals surface area contributed by atoms with Gasteiger partial charge in [0.05, 0.1) is 0 Å². The van der Waals surface area contributed by atoms with Gasteiger partial charge in [-0.1, -0.05) is 25.5 Å². The molecule has 2 nitrogen and oxygen atoms in total. The molecule has 0 unspecified atom stereocenters. The maximum atomic E-state index is 5.78. The van der Waals surface area contributed by atoms with Crippen molar-refractivity contribution >= 4 is 5.69 Å². The Labute approximate surface area is 124 Å². The van der Waals surface area contributed by atoms with Crippen LogP contribution in [0, 0.1) is 5.92 Å². The summed E-state index contributed by atoms with van der Waals surface area (Å²) < 4.78 is 0. The molecule has 2 N–H and O–H groups in total. The van der Waals surface area contributed by atoms with E-state index < -0.39 is 0 Å². The fourth-order valence-electron chi connectivity index (χ4n) is 3.45. The Kier molecular flexibility index (Phi) is 5.47. The van der Waals surface area contributed by atoms with E-state index in [1.165, 1.54) is 37.7 Å². The van der Waals surface area contributed by atoms with Crippen LogP contribution >= 0.6 is 0 Å². The maximum absolute atomic E-state index is 5.78. The van der Waals surface area contributed by atoms with Crippen LogP contribution in [0.4, 0.5) is 5.69 Å². The summed E-state index contributed by atoms with van der Waals surface area (Å²) >= 11 is 0. The van der Waals surface area contributed by atoms with Crippen LogP contribution in [0.5, 0.6) is 0 Å². The van der Waals surface area contributed by atoms with Gasteiger partial charge in [0.15, 0.2) is 0 Å². The number of benzene rings is 1. The lowest BCUT2D eigenvalue weighted by molar-refractivity contribution is 0.0968.